The van der Waals surface area contributed by atoms with Gasteiger partial charge in [0.05, 0.1) is 0 Å². The molecule has 0 aliphatic rings. The number of benzene rings is 1. The molecule has 0 amide bonds. The summed E-state index contributed by atoms with van der Waals surface area (Å²) in [6, 6.07) is 9.22. The van der Waals surface area contributed by atoms with Gasteiger partial charge in [0.1, 0.15) is 5.58 Å². The minimum absolute atomic E-state index is 0.277. The average Bonchev–Trinajstić information content (AvgIpc) is 2.19. The Bertz CT molecular complexity index is 497. The number of para-hydroxylation sites is 1. The van der Waals surface area contributed by atoms with Gasteiger partial charge in [-0.2, -0.15) is 0 Å². The maximum atomic E-state index is 11.1. The molecule has 72 valence electrons. The molecule has 14 heavy (non-hydrogen) atoms. The van der Waals surface area contributed by atoms with E-state index in [-0.39, 0.29) is 5.63 Å². The van der Waals surface area contributed by atoms with Crippen molar-refractivity contribution < 1.29 is 4.42 Å². The second-order valence-electron chi connectivity index (χ2n) is 3.34. The maximum Gasteiger partial charge on any atom is 0.336 e. The SMILES string of the molecule is CCCc1cccc2ccc(=O)oc12. The van der Waals surface area contributed by atoms with E-state index in [1.807, 2.05) is 18.2 Å². The largest absolute Gasteiger partial charge is 0.422 e. The van der Waals surface area contributed by atoms with Crippen molar-refractivity contribution >= 4 is 11.0 Å². The van der Waals surface area contributed by atoms with Crippen molar-refractivity contribution in [3.05, 3.63) is 46.3 Å². The third-order valence-electron chi connectivity index (χ3n) is 2.25. The van der Waals surface area contributed by atoms with Crippen LogP contribution in [0, 0.1) is 0 Å². The number of aryl methyl sites for hydroxylation is 1. The van der Waals surface area contributed by atoms with E-state index in [1.165, 1.54) is 6.07 Å². The summed E-state index contributed by atoms with van der Waals surface area (Å²) < 4.78 is 5.19. The first-order chi connectivity index (χ1) is 6.81. The summed E-state index contributed by atoms with van der Waals surface area (Å²) in [6.45, 7) is 2.11. The lowest BCUT2D eigenvalue weighted by molar-refractivity contribution is 0.556. The van der Waals surface area contributed by atoms with Gasteiger partial charge in [0.2, 0.25) is 0 Å². The van der Waals surface area contributed by atoms with E-state index in [2.05, 4.69) is 6.92 Å². The van der Waals surface area contributed by atoms with Gasteiger partial charge < -0.3 is 4.42 Å². The predicted octanol–water partition coefficient (Wildman–Crippen LogP) is 2.75. The molecule has 0 spiro atoms. The van der Waals surface area contributed by atoms with Crippen LogP contribution in [0.5, 0.6) is 0 Å². The summed E-state index contributed by atoms with van der Waals surface area (Å²) >= 11 is 0. The fourth-order valence-electron chi connectivity index (χ4n) is 1.62. The molecule has 0 fully saturated rings. The van der Waals surface area contributed by atoms with E-state index in [4.69, 9.17) is 4.42 Å². The first-order valence-corrected chi connectivity index (χ1v) is 4.83. The summed E-state index contributed by atoms with van der Waals surface area (Å²) in [7, 11) is 0. The van der Waals surface area contributed by atoms with Gasteiger partial charge in [-0.25, -0.2) is 4.79 Å². The van der Waals surface area contributed by atoms with Crippen LogP contribution in [0.1, 0.15) is 18.9 Å². The number of fused-ring (bicyclic) bond motifs is 1. The Morgan fingerprint density at radius 1 is 1.21 bits per heavy atom. The molecule has 0 radical (unpaired) electrons. The lowest BCUT2D eigenvalue weighted by atomic mass is 10.1. The molecular formula is C12H12O2. The molecule has 0 saturated heterocycles. The molecule has 1 heterocycles. The van der Waals surface area contributed by atoms with Gasteiger partial charge in [0.25, 0.3) is 0 Å². The third kappa shape index (κ3) is 1.55. The molecule has 1 aromatic carbocycles. The van der Waals surface area contributed by atoms with Gasteiger partial charge in [-0.1, -0.05) is 31.5 Å². The molecule has 2 nitrogen and oxygen atoms in total. The Labute approximate surface area is 82.2 Å². The summed E-state index contributed by atoms with van der Waals surface area (Å²) in [5.74, 6) is 0. The fourth-order valence-corrected chi connectivity index (χ4v) is 1.62. The maximum absolute atomic E-state index is 11.1. The van der Waals surface area contributed by atoms with Crippen molar-refractivity contribution in [2.24, 2.45) is 0 Å². The highest BCUT2D eigenvalue weighted by atomic mass is 16.4. The molecule has 1 aromatic heterocycles. The summed E-state index contributed by atoms with van der Waals surface area (Å²) in [4.78, 5) is 11.1. The number of hydrogen-bond donors (Lipinski definition) is 0. The second kappa shape index (κ2) is 3.66. The van der Waals surface area contributed by atoms with Gasteiger partial charge >= 0.3 is 5.63 Å². The van der Waals surface area contributed by atoms with Crippen molar-refractivity contribution in [3.8, 4) is 0 Å². The number of rotatable bonds is 2. The highest BCUT2D eigenvalue weighted by molar-refractivity contribution is 5.79. The molecule has 0 aliphatic carbocycles. The van der Waals surface area contributed by atoms with Crippen molar-refractivity contribution in [2.45, 2.75) is 19.8 Å². The van der Waals surface area contributed by atoms with Crippen molar-refractivity contribution in [1.82, 2.24) is 0 Å². The Morgan fingerprint density at radius 3 is 2.86 bits per heavy atom. The molecule has 2 rings (SSSR count). The van der Waals surface area contributed by atoms with Crippen LogP contribution in [-0.2, 0) is 6.42 Å². The Balaban J connectivity index is 2.71. The Morgan fingerprint density at radius 2 is 2.07 bits per heavy atom. The molecule has 2 heteroatoms. The molecule has 0 aliphatic heterocycles. The Hall–Kier alpha value is -1.57. The standard InChI is InChI=1S/C12H12O2/c1-2-4-9-5-3-6-10-7-8-11(13)14-12(9)10/h3,5-8H,2,4H2,1H3. The zero-order valence-electron chi connectivity index (χ0n) is 8.12. The summed E-state index contributed by atoms with van der Waals surface area (Å²) in [5.41, 5.74) is 1.57. The first kappa shape index (κ1) is 9.00. The number of hydrogen-bond acceptors (Lipinski definition) is 2. The fraction of sp³-hybridized carbons (Fsp3) is 0.250. The van der Waals surface area contributed by atoms with E-state index in [9.17, 15) is 4.79 Å². The second-order valence-corrected chi connectivity index (χ2v) is 3.34. The van der Waals surface area contributed by atoms with Gasteiger partial charge in [0, 0.05) is 11.5 Å². The Kier molecular flexibility index (Phi) is 2.35. The zero-order valence-corrected chi connectivity index (χ0v) is 8.12. The monoisotopic (exact) mass is 188 g/mol. The van der Waals surface area contributed by atoms with Crippen molar-refractivity contribution in [3.63, 3.8) is 0 Å². The van der Waals surface area contributed by atoms with Crippen LogP contribution >= 0.6 is 0 Å². The quantitative estimate of drug-likeness (QED) is 0.678. The van der Waals surface area contributed by atoms with Crippen LogP contribution in [0.2, 0.25) is 0 Å². The molecule has 0 bridgehead atoms. The van der Waals surface area contributed by atoms with E-state index in [0.717, 1.165) is 29.4 Å². The van der Waals surface area contributed by atoms with Crippen LogP contribution in [-0.4, -0.2) is 0 Å². The third-order valence-corrected chi connectivity index (χ3v) is 2.25. The minimum Gasteiger partial charge on any atom is -0.422 e. The predicted molar refractivity (Wildman–Crippen MR) is 56.5 cm³/mol. The van der Waals surface area contributed by atoms with E-state index < -0.39 is 0 Å². The highest BCUT2D eigenvalue weighted by Gasteiger charge is 2.02. The van der Waals surface area contributed by atoms with Gasteiger partial charge in [-0.3, -0.25) is 0 Å². The first-order valence-electron chi connectivity index (χ1n) is 4.83. The van der Waals surface area contributed by atoms with Gasteiger partial charge in [-0.05, 0) is 18.1 Å². The van der Waals surface area contributed by atoms with Crippen LogP contribution in [0.3, 0.4) is 0 Å². The van der Waals surface area contributed by atoms with Crippen molar-refractivity contribution in [1.29, 1.82) is 0 Å². The topological polar surface area (TPSA) is 30.2 Å². The molecule has 0 unspecified atom stereocenters. The lowest BCUT2D eigenvalue weighted by Crippen LogP contribution is -1.96. The molecule has 0 atom stereocenters. The molecule has 0 N–H and O–H groups in total. The zero-order chi connectivity index (χ0) is 9.97. The normalized spacial score (nSPS) is 10.6. The van der Waals surface area contributed by atoms with Crippen LogP contribution in [0.15, 0.2) is 39.5 Å². The summed E-state index contributed by atoms with van der Waals surface area (Å²) in [5, 5.41) is 0.996. The minimum atomic E-state index is -0.277. The van der Waals surface area contributed by atoms with Gasteiger partial charge in [0.15, 0.2) is 0 Å². The van der Waals surface area contributed by atoms with Crippen LogP contribution < -0.4 is 5.63 Å². The van der Waals surface area contributed by atoms with Crippen molar-refractivity contribution in [2.75, 3.05) is 0 Å². The average molecular weight is 188 g/mol. The molecule has 2 aromatic rings. The van der Waals surface area contributed by atoms with E-state index >= 15 is 0 Å². The highest BCUT2D eigenvalue weighted by Crippen LogP contribution is 2.17. The molecular weight excluding hydrogens is 176 g/mol. The van der Waals surface area contributed by atoms with Crippen LogP contribution in [0.25, 0.3) is 11.0 Å². The summed E-state index contributed by atoms with van der Waals surface area (Å²) in [6.07, 6.45) is 2.00. The van der Waals surface area contributed by atoms with E-state index in [1.54, 1.807) is 6.07 Å². The van der Waals surface area contributed by atoms with Crippen LogP contribution in [0.4, 0.5) is 0 Å². The lowest BCUT2D eigenvalue weighted by Gasteiger charge is -2.02. The van der Waals surface area contributed by atoms with Gasteiger partial charge in [-0.15, -0.1) is 0 Å². The molecule has 0 saturated carbocycles. The van der Waals surface area contributed by atoms with E-state index in [0.29, 0.717) is 0 Å². The smallest absolute Gasteiger partial charge is 0.336 e.